The number of pyridine rings is 1. The van der Waals surface area contributed by atoms with Gasteiger partial charge in [-0.05, 0) is 60.5 Å². The molecular formula is C24H19ClN2O5. The van der Waals surface area contributed by atoms with Crippen LogP contribution in [0.15, 0.2) is 66.5 Å². The van der Waals surface area contributed by atoms with Crippen LogP contribution in [-0.4, -0.2) is 34.0 Å². The highest BCUT2D eigenvalue weighted by atomic mass is 35.5. The Labute approximate surface area is 189 Å². The van der Waals surface area contributed by atoms with Gasteiger partial charge in [-0.3, -0.25) is 19.5 Å². The van der Waals surface area contributed by atoms with Gasteiger partial charge in [0.15, 0.2) is 0 Å². The van der Waals surface area contributed by atoms with Gasteiger partial charge in [-0.25, -0.2) is 0 Å². The predicted octanol–water partition coefficient (Wildman–Crippen LogP) is 4.38. The number of rotatable bonds is 4. The maximum Gasteiger partial charge on any atom is 0.300 e. The van der Waals surface area contributed by atoms with Crippen LogP contribution in [0.5, 0.6) is 11.5 Å². The SMILES string of the molecule is COc1ccc(/C(O)=C2\C(=O)C(=O)N(c3cc(Cl)ccc3O)C2c2cccnc2)cc1C. The van der Waals surface area contributed by atoms with Crippen LogP contribution < -0.4 is 9.64 Å². The number of amides is 1. The van der Waals surface area contributed by atoms with Crippen molar-refractivity contribution < 1.29 is 24.5 Å². The fourth-order valence-electron chi connectivity index (χ4n) is 3.80. The molecule has 0 bridgehead atoms. The number of nitrogens with zero attached hydrogens (tertiary/aromatic N) is 2. The molecule has 1 aromatic heterocycles. The van der Waals surface area contributed by atoms with Crippen molar-refractivity contribution in [2.75, 3.05) is 12.0 Å². The molecule has 4 rings (SSSR count). The van der Waals surface area contributed by atoms with Crippen LogP contribution in [0.1, 0.15) is 22.7 Å². The van der Waals surface area contributed by atoms with E-state index in [1.54, 1.807) is 43.5 Å². The first-order valence-electron chi connectivity index (χ1n) is 9.68. The summed E-state index contributed by atoms with van der Waals surface area (Å²) in [4.78, 5) is 31.4. The van der Waals surface area contributed by atoms with E-state index in [2.05, 4.69) is 4.98 Å². The molecule has 1 amide bonds. The first-order chi connectivity index (χ1) is 15.3. The van der Waals surface area contributed by atoms with Crippen molar-refractivity contribution in [3.05, 3.63) is 88.2 Å². The molecule has 0 saturated carbocycles. The topological polar surface area (TPSA) is 100.0 Å². The zero-order valence-corrected chi connectivity index (χ0v) is 18.0. The number of aromatic hydroxyl groups is 1. The van der Waals surface area contributed by atoms with E-state index >= 15 is 0 Å². The van der Waals surface area contributed by atoms with Gasteiger partial charge in [-0.2, -0.15) is 0 Å². The van der Waals surface area contributed by atoms with Gasteiger partial charge < -0.3 is 14.9 Å². The number of Topliss-reactive ketones (excluding diaryl/α,β-unsaturated/α-hetero) is 1. The predicted molar refractivity (Wildman–Crippen MR) is 120 cm³/mol. The van der Waals surface area contributed by atoms with E-state index in [0.29, 0.717) is 16.9 Å². The summed E-state index contributed by atoms with van der Waals surface area (Å²) in [7, 11) is 1.53. The van der Waals surface area contributed by atoms with Crippen LogP contribution in [0.2, 0.25) is 5.02 Å². The number of carbonyl (C=O) groups excluding carboxylic acids is 2. The number of methoxy groups -OCH3 is 1. The summed E-state index contributed by atoms with van der Waals surface area (Å²) in [6, 6.07) is 11.5. The Morgan fingerprint density at radius 2 is 1.94 bits per heavy atom. The molecule has 1 saturated heterocycles. The smallest absolute Gasteiger partial charge is 0.300 e. The van der Waals surface area contributed by atoms with E-state index in [9.17, 15) is 19.8 Å². The molecule has 162 valence electrons. The Hall–Kier alpha value is -3.84. The minimum atomic E-state index is -1.02. The number of aromatic nitrogens is 1. The van der Waals surface area contributed by atoms with Crippen molar-refractivity contribution in [1.82, 2.24) is 4.98 Å². The number of carbonyl (C=O) groups is 2. The summed E-state index contributed by atoms with van der Waals surface area (Å²) in [5, 5.41) is 21.8. The molecular weight excluding hydrogens is 432 g/mol. The Morgan fingerprint density at radius 3 is 2.59 bits per heavy atom. The average molecular weight is 451 g/mol. The molecule has 7 nitrogen and oxygen atoms in total. The number of anilines is 1. The molecule has 2 N–H and O–H groups in total. The molecule has 0 aliphatic carbocycles. The molecule has 1 atom stereocenters. The molecule has 1 unspecified atom stereocenters. The van der Waals surface area contributed by atoms with E-state index < -0.39 is 17.7 Å². The van der Waals surface area contributed by atoms with E-state index in [0.717, 1.165) is 10.5 Å². The molecule has 2 heterocycles. The third-order valence-corrected chi connectivity index (χ3v) is 5.54. The van der Waals surface area contributed by atoms with Gasteiger partial charge >= 0.3 is 0 Å². The van der Waals surface area contributed by atoms with Crippen molar-refractivity contribution in [2.45, 2.75) is 13.0 Å². The Bertz CT molecular complexity index is 1260. The standard InChI is InChI=1S/C24H19ClN2O5/c1-13-10-14(5-8-19(13)32-2)22(29)20-21(15-4-3-9-26-12-15)27(24(31)23(20)30)17-11-16(25)6-7-18(17)28/h3-12,21,28-29H,1-2H3/b22-20+. The quantitative estimate of drug-likeness (QED) is 0.347. The summed E-state index contributed by atoms with van der Waals surface area (Å²) < 4.78 is 5.26. The Kier molecular flexibility index (Phi) is 5.59. The van der Waals surface area contributed by atoms with Crippen LogP contribution in [0, 0.1) is 6.92 Å². The number of hydrogen-bond donors (Lipinski definition) is 2. The van der Waals surface area contributed by atoms with E-state index in [1.165, 1.54) is 31.5 Å². The highest BCUT2D eigenvalue weighted by Gasteiger charge is 2.47. The number of aliphatic hydroxyl groups is 1. The summed E-state index contributed by atoms with van der Waals surface area (Å²) >= 11 is 6.09. The Balaban J connectivity index is 1.96. The lowest BCUT2D eigenvalue weighted by atomic mass is 9.95. The highest BCUT2D eigenvalue weighted by Crippen LogP contribution is 2.45. The zero-order valence-electron chi connectivity index (χ0n) is 17.2. The summed E-state index contributed by atoms with van der Waals surface area (Å²) in [5.74, 6) is -1.74. The number of aryl methyl sites for hydroxylation is 1. The number of ketones is 1. The van der Waals surface area contributed by atoms with Crippen molar-refractivity contribution in [2.24, 2.45) is 0 Å². The minimum absolute atomic E-state index is 0.0541. The monoisotopic (exact) mass is 450 g/mol. The van der Waals surface area contributed by atoms with Gasteiger partial charge in [-0.15, -0.1) is 0 Å². The van der Waals surface area contributed by atoms with Crippen LogP contribution in [0.3, 0.4) is 0 Å². The number of phenolic OH excluding ortho intramolecular Hbond substituents is 1. The van der Waals surface area contributed by atoms with Crippen molar-refractivity contribution in [3.63, 3.8) is 0 Å². The number of phenols is 1. The molecule has 1 aliphatic heterocycles. The average Bonchev–Trinajstić information content (AvgIpc) is 3.06. The van der Waals surface area contributed by atoms with Crippen molar-refractivity contribution >= 4 is 34.7 Å². The third kappa shape index (κ3) is 3.56. The van der Waals surface area contributed by atoms with Crippen LogP contribution >= 0.6 is 11.6 Å². The Morgan fingerprint density at radius 1 is 1.16 bits per heavy atom. The molecule has 1 fully saturated rings. The number of hydrogen-bond acceptors (Lipinski definition) is 6. The summed E-state index contributed by atoms with van der Waals surface area (Å²) in [6.45, 7) is 1.80. The van der Waals surface area contributed by atoms with E-state index in [-0.39, 0.29) is 27.8 Å². The number of benzene rings is 2. The third-order valence-electron chi connectivity index (χ3n) is 5.31. The first-order valence-corrected chi connectivity index (χ1v) is 10.1. The van der Waals surface area contributed by atoms with Crippen LogP contribution in [0.25, 0.3) is 5.76 Å². The van der Waals surface area contributed by atoms with Gasteiger partial charge in [-0.1, -0.05) is 17.7 Å². The molecule has 8 heteroatoms. The first kappa shape index (κ1) is 21.4. The minimum Gasteiger partial charge on any atom is -0.507 e. The normalized spacial score (nSPS) is 17.6. The molecule has 32 heavy (non-hydrogen) atoms. The fourth-order valence-corrected chi connectivity index (χ4v) is 3.97. The summed E-state index contributed by atoms with van der Waals surface area (Å²) in [6.07, 6.45) is 3.05. The lowest BCUT2D eigenvalue weighted by molar-refractivity contribution is -0.132. The largest absolute Gasteiger partial charge is 0.507 e. The second kappa shape index (κ2) is 8.36. The van der Waals surface area contributed by atoms with Gasteiger partial charge in [0, 0.05) is 23.0 Å². The van der Waals surface area contributed by atoms with E-state index in [1.807, 2.05) is 0 Å². The van der Waals surface area contributed by atoms with Gasteiger partial charge in [0.25, 0.3) is 11.7 Å². The molecule has 0 spiro atoms. The molecule has 3 aromatic rings. The lowest BCUT2D eigenvalue weighted by Gasteiger charge is -2.26. The van der Waals surface area contributed by atoms with Gasteiger partial charge in [0.1, 0.15) is 17.3 Å². The van der Waals surface area contributed by atoms with E-state index in [4.69, 9.17) is 16.3 Å². The van der Waals surface area contributed by atoms with Crippen LogP contribution in [-0.2, 0) is 9.59 Å². The van der Waals surface area contributed by atoms with Gasteiger partial charge in [0.05, 0.1) is 24.4 Å². The van der Waals surface area contributed by atoms with Crippen LogP contribution in [0.4, 0.5) is 5.69 Å². The molecule has 0 radical (unpaired) electrons. The summed E-state index contributed by atoms with van der Waals surface area (Å²) in [5.41, 5.74) is 1.52. The van der Waals surface area contributed by atoms with Crippen molar-refractivity contribution in [1.29, 1.82) is 0 Å². The lowest BCUT2D eigenvalue weighted by Crippen LogP contribution is -2.29. The number of halogens is 1. The van der Waals surface area contributed by atoms with Gasteiger partial charge in [0.2, 0.25) is 0 Å². The van der Waals surface area contributed by atoms with Crippen molar-refractivity contribution in [3.8, 4) is 11.5 Å². The highest BCUT2D eigenvalue weighted by molar-refractivity contribution is 6.52. The maximum absolute atomic E-state index is 13.1. The number of ether oxygens (including phenoxy) is 1. The second-order valence-corrected chi connectivity index (χ2v) is 7.71. The number of aliphatic hydroxyl groups excluding tert-OH is 1. The maximum atomic E-state index is 13.1. The zero-order chi connectivity index (χ0) is 23.0. The fraction of sp³-hybridized carbons (Fsp3) is 0.125. The molecule has 2 aromatic carbocycles. The second-order valence-electron chi connectivity index (χ2n) is 7.27. The molecule has 1 aliphatic rings.